The molecule has 0 spiro atoms. The molecule has 0 unspecified atom stereocenters. The molecule has 1 aromatic heterocycles. The number of carbonyl (C=O) groups is 2. The number of carbonyl (C=O) groups excluding carboxylic acids is 1. The molecule has 23 heavy (non-hydrogen) atoms. The zero-order chi connectivity index (χ0) is 16.6. The van der Waals surface area contributed by atoms with E-state index < -0.39 is 5.97 Å². The monoisotopic (exact) mass is 333 g/mol. The molecule has 0 radical (unpaired) electrons. The van der Waals surface area contributed by atoms with Crippen LogP contribution >= 0.6 is 11.6 Å². The maximum absolute atomic E-state index is 12.3. The lowest BCUT2D eigenvalue weighted by molar-refractivity contribution is -0.145. The molecule has 1 amide bonds. The zero-order valence-electron chi connectivity index (χ0n) is 12.5. The summed E-state index contributed by atoms with van der Waals surface area (Å²) in [5.74, 6) is -1.38. The molecular formula is C16H16ClN3O3. The SMILES string of the molecule is Cc1c(C(=O)NC2CC(C(=O)O)C2)cnn1-c1ccc(Cl)cc1. The minimum atomic E-state index is -0.803. The van der Waals surface area contributed by atoms with E-state index in [0.717, 1.165) is 11.4 Å². The standard InChI is InChI=1S/C16H16ClN3O3/c1-9-14(15(21)19-12-6-10(7-12)16(22)23)8-18-20(9)13-4-2-11(17)3-5-13/h2-5,8,10,12H,6-7H2,1H3,(H,19,21)(H,22,23). The van der Waals surface area contributed by atoms with Crippen LogP contribution in [0, 0.1) is 12.8 Å². The summed E-state index contributed by atoms with van der Waals surface area (Å²) in [6, 6.07) is 7.10. The van der Waals surface area contributed by atoms with Crippen molar-refractivity contribution < 1.29 is 14.7 Å². The number of hydrogen-bond donors (Lipinski definition) is 2. The van der Waals surface area contributed by atoms with Crippen molar-refractivity contribution in [1.82, 2.24) is 15.1 Å². The van der Waals surface area contributed by atoms with E-state index in [1.54, 1.807) is 16.8 Å². The molecule has 1 aliphatic rings. The van der Waals surface area contributed by atoms with E-state index in [0.29, 0.717) is 23.4 Å². The van der Waals surface area contributed by atoms with Gasteiger partial charge in [0, 0.05) is 11.1 Å². The molecule has 1 aliphatic carbocycles. The van der Waals surface area contributed by atoms with Gasteiger partial charge in [-0.15, -0.1) is 0 Å². The van der Waals surface area contributed by atoms with Crippen LogP contribution in [0.25, 0.3) is 5.69 Å². The first-order chi connectivity index (χ1) is 11.0. The third-order valence-corrected chi connectivity index (χ3v) is 4.40. The smallest absolute Gasteiger partial charge is 0.306 e. The van der Waals surface area contributed by atoms with Crippen molar-refractivity contribution in [2.45, 2.75) is 25.8 Å². The van der Waals surface area contributed by atoms with Gasteiger partial charge in [0.15, 0.2) is 0 Å². The van der Waals surface area contributed by atoms with Gasteiger partial charge in [-0.25, -0.2) is 4.68 Å². The second kappa shape index (κ2) is 6.04. The van der Waals surface area contributed by atoms with E-state index in [4.69, 9.17) is 16.7 Å². The highest BCUT2D eigenvalue weighted by Crippen LogP contribution is 2.28. The Kier molecular flexibility index (Phi) is 4.09. The average molecular weight is 334 g/mol. The fourth-order valence-electron chi connectivity index (χ4n) is 2.68. The van der Waals surface area contributed by atoms with E-state index >= 15 is 0 Å². The number of nitrogens with one attached hydrogen (secondary N) is 1. The van der Waals surface area contributed by atoms with Crippen LogP contribution in [-0.2, 0) is 4.79 Å². The van der Waals surface area contributed by atoms with Crippen molar-refractivity contribution in [2.24, 2.45) is 5.92 Å². The maximum Gasteiger partial charge on any atom is 0.306 e. The molecule has 1 fully saturated rings. The molecule has 7 heteroatoms. The van der Waals surface area contributed by atoms with Gasteiger partial charge in [-0.2, -0.15) is 5.10 Å². The predicted octanol–water partition coefficient (Wildman–Crippen LogP) is 2.43. The van der Waals surface area contributed by atoms with Crippen molar-refractivity contribution >= 4 is 23.5 Å². The van der Waals surface area contributed by atoms with E-state index in [1.807, 2.05) is 19.1 Å². The molecule has 2 N–H and O–H groups in total. The van der Waals surface area contributed by atoms with Crippen LogP contribution < -0.4 is 5.32 Å². The third-order valence-electron chi connectivity index (χ3n) is 4.15. The minimum absolute atomic E-state index is 0.0816. The Morgan fingerprint density at radius 2 is 1.96 bits per heavy atom. The molecule has 0 bridgehead atoms. The molecule has 6 nitrogen and oxygen atoms in total. The molecule has 2 aromatic rings. The van der Waals surface area contributed by atoms with Crippen molar-refractivity contribution in [3.05, 3.63) is 46.7 Å². The first-order valence-corrected chi connectivity index (χ1v) is 7.67. The zero-order valence-corrected chi connectivity index (χ0v) is 13.2. The van der Waals surface area contributed by atoms with E-state index in [-0.39, 0.29) is 17.9 Å². The Hall–Kier alpha value is -2.34. The van der Waals surface area contributed by atoms with E-state index in [2.05, 4.69) is 10.4 Å². The third kappa shape index (κ3) is 3.07. The highest BCUT2D eigenvalue weighted by Gasteiger charge is 2.35. The van der Waals surface area contributed by atoms with Crippen LogP contribution in [0.3, 0.4) is 0 Å². The van der Waals surface area contributed by atoms with Gasteiger partial charge in [0.1, 0.15) is 0 Å². The van der Waals surface area contributed by atoms with Crippen LogP contribution in [0.1, 0.15) is 28.9 Å². The van der Waals surface area contributed by atoms with Crippen molar-refractivity contribution in [3.8, 4) is 5.69 Å². The van der Waals surface area contributed by atoms with Gasteiger partial charge < -0.3 is 10.4 Å². The number of aromatic nitrogens is 2. The summed E-state index contributed by atoms with van der Waals surface area (Å²) in [7, 11) is 0. The molecule has 0 atom stereocenters. The van der Waals surface area contributed by atoms with Gasteiger partial charge in [-0.3, -0.25) is 9.59 Å². The second-order valence-corrected chi connectivity index (χ2v) is 6.15. The molecule has 1 saturated carbocycles. The van der Waals surface area contributed by atoms with Crippen LogP contribution in [-0.4, -0.2) is 32.8 Å². The van der Waals surface area contributed by atoms with Gasteiger partial charge in [-0.05, 0) is 44.0 Å². The Balaban J connectivity index is 1.70. The van der Waals surface area contributed by atoms with Gasteiger partial charge in [0.25, 0.3) is 5.91 Å². The van der Waals surface area contributed by atoms with Gasteiger partial charge >= 0.3 is 5.97 Å². The molecule has 1 aromatic carbocycles. The number of carboxylic acid groups (broad SMARTS) is 1. The Morgan fingerprint density at radius 1 is 1.30 bits per heavy atom. The summed E-state index contributed by atoms with van der Waals surface area (Å²) in [6.07, 6.45) is 2.48. The first-order valence-electron chi connectivity index (χ1n) is 7.30. The Labute approximate surface area is 138 Å². The molecule has 3 rings (SSSR count). The quantitative estimate of drug-likeness (QED) is 0.900. The molecule has 1 heterocycles. The normalized spacial score (nSPS) is 19.9. The van der Waals surface area contributed by atoms with E-state index in [9.17, 15) is 9.59 Å². The van der Waals surface area contributed by atoms with E-state index in [1.165, 1.54) is 6.20 Å². The first kappa shape index (κ1) is 15.6. The summed E-state index contributed by atoms with van der Waals surface area (Å²) >= 11 is 5.87. The number of hydrogen-bond acceptors (Lipinski definition) is 3. The van der Waals surface area contributed by atoms with Gasteiger partial charge in [0.05, 0.1) is 29.1 Å². The van der Waals surface area contributed by atoms with Crippen molar-refractivity contribution in [3.63, 3.8) is 0 Å². The largest absolute Gasteiger partial charge is 0.481 e. The lowest BCUT2D eigenvalue weighted by Gasteiger charge is -2.32. The fourth-order valence-corrected chi connectivity index (χ4v) is 2.80. The number of nitrogens with zero attached hydrogens (tertiary/aromatic N) is 2. The minimum Gasteiger partial charge on any atom is -0.481 e. The number of rotatable bonds is 4. The average Bonchev–Trinajstić information content (AvgIpc) is 2.84. The number of halogens is 1. The number of aliphatic carboxylic acids is 1. The van der Waals surface area contributed by atoms with Crippen LogP contribution in [0.15, 0.2) is 30.5 Å². The van der Waals surface area contributed by atoms with Crippen LogP contribution in [0.4, 0.5) is 0 Å². The number of benzene rings is 1. The van der Waals surface area contributed by atoms with Gasteiger partial charge in [-0.1, -0.05) is 11.6 Å². The topological polar surface area (TPSA) is 84.2 Å². The second-order valence-electron chi connectivity index (χ2n) is 5.71. The summed E-state index contributed by atoms with van der Waals surface area (Å²) < 4.78 is 1.67. The lowest BCUT2D eigenvalue weighted by atomic mass is 9.80. The summed E-state index contributed by atoms with van der Waals surface area (Å²) in [4.78, 5) is 23.1. The molecule has 0 aliphatic heterocycles. The molecule has 120 valence electrons. The highest BCUT2D eigenvalue weighted by molar-refractivity contribution is 6.30. The lowest BCUT2D eigenvalue weighted by Crippen LogP contribution is -2.46. The number of amides is 1. The van der Waals surface area contributed by atoms with Crippen molar-refractivity contribution in [1.29, 1.82) is 0 Å². The maximum atomic E-state index is 12.3. The van der Waals surface area contributed by atoms with Crippen molar-refractivity contribution in [2.75, 3.05) is 0 Å². The van der Waals surface area contributed by atoms with Crippen LogP contribution in [0.2, 0.25) is 5.02 Å². The predicted molar refractivity (Wildman–Crippen MR) is 84.9 cm³/mol. The Morgan fingerprint density at radius 3 is 2.57 bits per heavy atom. The van der Waals surface area contributed by atoms with Crippen LogP contribution in [0.5, 0.6) is 0 Å². The number of carboxylic acids is 1. The summed E-state index contributed by atoms with van der Waals surface area (Å²) in [5, 5.41) is 16.6. The molecule has 0 saturated heterocycles. The molecular weight excluding hydrogens is 318 g/mol. The Bertz CT molecular complexity index is 748. The summed E-state index contributed by atoms with van der Waals surface area (Å²) in [6.45, 7) is 1.82. The van der Waals surface area contributed by atoms with Gasteiger partial charge in [0.2, 0.25) is 0 Å². The summed E-state index contributed by atoms with van der Waals surface area (Å²) in [5.41, 5.74) is 2.03. The fraction of sp³-hybridized carbons (Fsp3) is 0.312. The highest BCUT2D eigenvalue weighted by atomic mass is 35.5.